The van der Waals surface area contributed by atoms with Crippen LogP contribution < -0.4 is 10.2 Å². The molecule has 28 heavy (non-hydrogen) atoms. The summed E-state index contributed by atoms with van der Waals surface area (Å²) < 4.78 is 0. The van der Waals surface area contributed by atoms with Crippen molar-refractivity contribution in [3.05, 3.63) is 45.7 Å². The van der Waals surface area contributed by atoms with E-state index in [1.807, 2.05) is 43.4 Å². The number of nitrogens with zero attached hydrogens (tertiary/aromatic N) is 4. The van der Waals surface area contributed by atoms with E-state index in [4.69, 9.17) is 33.2 Å². The number of aliphatic imine (C=N–C) groups is 1. The molecule has 148 valence electrons. The maximum atomic E-state index is 6.17. The average molecular weight is 418 g/mol. The standard InChI is InChI=1S/C21H25Cl2N5/c1-28(2)20-25-13-18-17(27-20)11-21(8-4-3-5-9-21)19(26-18)24-12-14-6-7-15(22)16(23)10-14/h6-7,10,13H,3-5,8-9,11-12H2,1-2H3,(H,24,26). The first kappa shape index (κ1) is 19.5. The highest BCUT2D eigenvalue weighted by Crippen LogP contribution is 2.44. The topological polar surface area (TPSA) is 53.4 Å². The van der Waals surface area contributed by atoms with Gasteiger partial charge in [-0.25, -0.2) is 9.97 Å². The molecule has 7 heteroatoms. The Hall–Kier alpha value is -1.85. The van der Waals surface area contributed by atoms with Crippen molar-refractivity contribution in [2.24, 2.45) is 10.4 Å². The van der Waals surface area contributed by atoms with Gasteiger partial charge in [-0.3, -0.25) is 4.99 Å². The summed E-state index contributed by atoms with van der Waals surface area (Å²) in [5.41, 5.74) is 3.16. The smallest absolute Gasteiger partial charge is 0.225 e. The highest BCUT2D eigenvalue weighted by molar-refractivity contribution is 6.42. The van der Waals surface area contributed by atoms with Crippen LogP contribution in [-0.2, 0) is 13.0 Å². The third-order valence-corrected chi connectivity index (χ3v) is 6.47. The first-order valence-corrected chi connectivity index (χ1v) is 10.5. The summed E-state index contributed by atoms with van der Waals surface area (Å²) in [5.74, 6) is 1.81. The Bertz CT molecular complexity index is 904. The second kappa shape index (κ2) is 7.88. The van der Waals surface area contributed by atoms with Crippen molar-refractivity contribution in [2.45, 2.75) is 45.1 Å². The van der Waals surface area contributed by atoms with E-state index in [1.54, 1.807) is 0 Å². The molecule has 2 aliphatic rings. The van der Waals surface area contributed by atoms with Crippen molar-refractivity contribution in [1.29, 1.82) is 0 Å². The van der Waals surface area contributed by atoms with Crippen LogP contribution in [0.25, 0.3) is 0 Å². The van der Waals surface area contributed by atoms with Crippen molar-refractivity contribution >= 4 is 40.7 Å². The number of nitrogens with one attached hydrogen (secondary N) is 1. The molecule has 1 saturated carbocycles. The van der Waals surface area contributed by atoms with Gasteiger partial charge >= 0.3 is 0 Å². The Morgan fingerprint density at radius 2 is 1.93 bits per heavy atom. The second-order valence-corrected chi connectivity index (χ2v) is 8.80. The number of anilines is 2. The third kappa shape index (κ3) is 3.83. The number of hydrogen-bond donors (Lipinski definition) is 1. The highest BCUT2D eigenvalue weighted by Gasteiger charge is 2.42. The molecule has 0 bridgehead atoms. The van der Waals surface area contributed by atoms with E-state index in [1.165, 1.54) is 19.3 Å². The summed E-state index contributed by atoms with van der Waals surface area (Å²) in [5, 5.41) is 4.71. The van der Waals surface area contributed by atoms with Crippen LogP contribution in [0.3, 0.4) is 0 Å². The third-order valence-electron chi connectivity index (χ3n) is 5.73. The fourth-order valence-electron chi connectivity index (χ4n) is 4.18. The molecule has 0 unspecified atom stereocenters. The summed E-state index contributed by atoms with van der Waals surface area (Å²) >= 11 is 12.2. The van der Waals surface area contributed by atoms with E-state index in [2.05, 4.69) is 10.3 Å². The Balaban J connectivity index is 1.67. The van der Waals surface area contributed by atoms with Crippen molar-refractivity contribution in [2.75, 3.05) is 24.3 Å². The summed E-state index contributed by atoms with van der Waals surface area (Å²) in [6, 6.07) is 5.70. The quantitative estimate of drug-likeness (QED) is 0.729. The van der Waals surface area contributed by atoms with Gasteiger partial charge in [-0.15, -0.1) is 0 Å². The molecular weight excluding hydrogens is 393 g/mol. The molecule has 2 aromatic rings. The lowest BCUT2D eigenvalue weighted by Crippen LogP contribution is -2.44. The zero-order chi connectivity index (χ0) is 19.7. The summed E-state index contributed by atoms with van der Waals surface area (Å²) in [4.78, 5) is 16.2. The molecule has 0 atom stereocenters. The minimum Gasteiger partial charge on any atom is -0.347 e. The molecule has 1 aliphatic carbocycles. The molecule has 1 N–H and O–H groups in total. The van der Waals surface area contributed by atoms with E-state index in [0.29, 0.717) is 16.6 Å². The lowest BCUT2D eigenvalue weighted by molar-refractivity contribution is 0.276. The molecule has 2 heterocycles. The Labute approximate surface area is 176 Å². The molecule has 1 aromatic carbocycles. The Kier molecular flexibility index (Phi) is 5.48. The predicted octanol–water partition coefficient (Wildman–Crippen LogP) is 5.37. The highest BCUT2D eigenvalue weighted by atomic mass is 35.5. The second-order valence-electron chi connectivity index (χ2n) is 7.98. The van der Waals surface area contributed by atoms with Crippen LogP contribution in [0.15, 0.2) is 29.4 Å². The van der Waals surface area contributed by atoms with E-state index in [0.717, 1.165) is 48.0 Å². The number of hydrogen-bond acceptors (Lipinski definition) is 4. The van der Waals surface area contributed by atoms with Gasteiger partial charge in [0.25, 0.3) is 0 Å². The fraction of sp³-hybridized carbons (Fsp3) is 0.476. The van der Waals surface area contributed by atoms with Gasteiger partial charge in [0.05, 0.1) is 34.2 Å². The number of aromatic nitrogens is 2. The number of rotatable bonds is 3. The van der Waals surface area contributed by atoms with Gasteiger partial charge in [0.1, 0.15) is 5.84 Å². The van der Waals surface area contributed by atoms with Crippen LogP contribution in [0.4, 0.5) is 11.6 Å². The maximum Gasteiger partial charge on any atom is 0.225 e. The minimum atomic E-state index is 0.0411. The zero-order valence-electron chi connectivity index (χ0n) is 16.3. The lowest BCUT2D eigenvalue weighted by atomic mass is 9.68. The molecular formula is C21H25Cl2N5. The Morgan fingerprint density at radius 1 is 1.14 bits per heavy atom. The zero-order valence-corrected chi connectivity index (χ0v) is 17.8. The maximum absolute atomic E-state index is 6.17. The first-order chi connectivity index (χ1) is 13.5. The molecule has 0 saturated heterocycles. The molecule has 1 fully saturated rings. The van der Waals surface area contributed by atoms with E-state index >= 15 is 0 Å². The van der Waals surface area contributed by atoms with Crippen molar-refractivity contribution in [3.63, 3.8) is 0 Å². The van der Waals surface area contributed by atoms with Crippen LogP contribution in [-0.4, -0.2) is 29.9 Å². The van der Waals surface area contributed by atoms with Crippen molar-refractivity contribution in [1.82, 2.24) is 9.97 Å². The van der Waals surface area contributed by atoms with Gasteiger partial charge in [0.2, 0.25) is 5.95 Å². The molecule has 1 aromatic heterocycles. The van der Waals surface area contributed by atoms with Gasteiger partial charge in [-0.1, -0.05) is 48.5 Å². The monoisotopic (exact) mass is 417 g/mol. The van der Waals surface area contributed by atoms with Gasteiger partial charge < -0.3 is 10.2 Å². The van der Waals surface area contributed by atoms with Gasteiger partial charge in [-0.2, -0.15) is 0 Å². The first-order valence-electron chi connectivity index (χ1n) is 9.76. The van der Waals surface area contributed by atoms with Gasteiger partial charge in [0, 0.05) is 25.9 Å². The number of benzene rings is 1. The summed E-state index contributed by atoms with van der Waals surface area (Å²) in [6.45, 7) is 0.576. The van der Waals surface area contributed by atoms with E-state index < -0.39 is 0 Å². The van der Waals surface area contributed by atoms with E-state index in [-0.39, 0.29) is 5.41 Å². The molecule has 5 nitrogen and oxygen atoms in total. The number of fused-ring (bicyclic) bond motifs is 1. The van der Waals surface area contributed by atoms with Crippen molar-refractivity contribution < 1.29 is 0 Å². The molecule has 1 spiro atoms. The average Bonchev–Trinajstić information content (AvgIpc) is 2.69. The largest absolute Gasteiger partial charge is 0.347 e. The molecule has 0 amide bonds. The molecule has 4 rings (SSSR count). The molecule has 0 radical (unpaired) electrons. The number of halogens is 2. The van der Waals surface area contributed by atoms with Crippen LogP contribution in [0.1, 0.15) is 43.4 Å². The SMILES string of the molecule is CN(C)c1ncc2c(n1)CC1(CCCCC1)C(=NCc1ccc(Cl)c(Cl)c1)N2. The van der Waals surface area contributed by atoms with Gasteiger partial charge in [-0.05, 0) is 30.5 Å². The van der Waals surface area contributed by atoms with Gasteiger partial charge in [0.15, 0.2) is 0 Å². The van der Waals surface area contributed by atoms with Crippen LogP contribution in [0.5, 0.6) is 0 Å². The van der Waals surface area contributed by atoms with E-state index in [9.17, 15) is 0 Å². The normalized spacial score (nSPS) is 19.4. The fourth-order valence-corrected chi connectivity index (χ4v) is 4.50. The predicted molar refractivity (Wildman–Crippen MR) is 117 cm³/mol. The lowest BCUT2D eigenvalue weighted by Gasteiger charge is -2.42. The number of amidine groups is 1. The molecule has 1 aliphatic heterocycles. The van der Waals surface area contributed by atoms with Crippen LogP contribution in [0, 0.1) is 5.41 Å². The summed E-state index contributed by atoms with van der Waals surface area (Å²) in [6.07, 6.45) is 8.83. The Morgan fingerprint density at radius 3 is 2.64 bits per heavy atom. The van der Waals surface area contributed by atoms with Crippen molar-refractivity contribution in [3.8, 4) is 0 Å². The minimum absolute atomic E-state index is 0.0411. The summed E-state index contributed by atoms with van der Waals surface area (Å²) in [7, 11) is 3.94. The van der Waals surface area contributed by atoms with Crippen LogP contribution >= 0.6 is 23.2 Å². The van der Waals surface area contributed by atoms with Crippen LogP contribution in [0.2, 0.25) is 10.0 Å².